The fourth-order valence-electron chi connectivity index (χ4n) is 1.22. The van der Waals surface area contributed by atoms with Crippen LogP contribution < -0.4 is 0 Å². The first kappa shape index (κ1) is 11.5. The topological polar surface area (TPSA) is 22.1 Å². The summed E-state index contributed by atoms with van der Waals surface area (Å²) in [7, 11) is 0. The molecule has 0 saturated carbocycles. The first-order valence-electron chi connectivity index (χ1n) is 4.94. The molecule has 1 unspecified atom stereocenters. The number of rotatable bonds is 5. The highest BCUT2D eigenvalue weighted by atomic mass is 35.5. The summed E-state index contributed by atoms with van der Waals surface area (Å²) in [5, 5.41) is 0.523. The van der Waals surface area contributed by atoms with Gasteiger partial charge in [0.1, 0.15) is 5.15 Å². The Balaban J connectivity index is 2.34. The number of hydrogen-bond acceptors (Lipinski definition) is 2. The molecule has 1 rings (SSSR count). The molecule has 1 atom stereocenters. The highest BCUT2D eigenvalue weighted by Crippen LogP contribution is 2.09. The number of pyridine rings is 1. The van der Waals surface area contributed by atoms with Gasteiger partial charge in [0.05, 0.1) is 12.7 Å². The van der Waals surface area contributed by atoms with E-state index >= 15 is 0 Å². The minimum atomic E-state index is 0.315. The molecule has 0 aliphatic rings. The number of halogens is 1. The summed E-state index contributed by atoms with van der Waals surface area (Å²) in [4.78, 5) is 3.99. The van der Waals surface area contributed by atoms with Gasteiger partial charge >= 0.3 is 0 Å². The molecule has 1 aromatic heterocycles. The van der Waals surface area contributed by atoms with Gasteiger partial charge in [-0.15, -0.1) is 0 Å². The molecule has 1 heterocycles. The van der Waals surface area contributed by atoms with E-state index in [2.05, 4.69) is 18.8 Å². The van der Waals surface area contributed by atoms with Crippen molar-refractivity contribution in [3.8, 4) is 0 Å². The van der Waals surface area contributed by atoms with Gasteiger partial charge in [-0.05, 0) is 25.0 Å². The molecule has 3 heteroatoms. The van der Waals surface area contributed by atoms with Gasteiger partial charge in [0.15, 0.2) is 0 Å². The van der Waals surface area contributed by atoms with E-state index in [9.17, 15) is 0 Å². The molecule has 0 bridgehead atoms. The number of nitrogens with zero attached hydrogens (tertiary/aromatic N) is 1. The summed E-state index contributed by atoms with van der Waals surface area (Å²) in [6, 6.07) is 3.72. The predicted molar refractivity (Wildman–Crippen MR) is 58.4 cm³/mol. The van der Waals surface area contributed by atoms with Gasteiger partial charge in [0, 0.05) is 6.20 Å². The molecule has 0 fully saturated rings. The highest BCUT2D eigenvalue weighted by molar-refractivity contribution is 6.29. The lowest BCUT2D eigenvalue weighted by Crippen LogP contribution is -2.07. The molecular weight excluding hydrogens is 198 g/mol. The van der Waals surface area contributed by atoms with Gasteiger partial charge in [0.2, 0.25) is 0 Å². The van der Waals surface area contributed by atoms with Crippen molar-refractivity contribution in [2.24, 2.45) is 0 Å². The lowest BCUT2D eigenvalue weighted by atomic mass is 10.2. The summed E-state index contributed by atoms with van der Waals surface area (Å²) in [5.41, 5.74) is 1.07. The zero-order valence-corrected chi connectivity index (χ0v) is 9.42. The monoisotopic (exact) mass is 213 g/mol. The summed E-state index contributed by atoms with van der Waals surface area (Å²) in [6.07, 6.45) is 4.32. The van der Waals surface area contributed by atoms with Crippen molar-refractivity contribution in [2.75, 3.05) is 0 Å². The highest BCUT2D eigenvalue weighted by Gasteiger charge is 2.01. The van der Waals surface area contributed by atoms with Crippen LogP contribution in [0.25, 0.3) is 0 Å². The van der Waals surface area contributed by atoms with Gasteiger partial charge in [0.25, 0.3) is 0 Å². The third-order valence-electron chi connectivity index (χ3n) is 2.02. The van der Waals surface area contributed by atoms with Crippen LogP contribution in [0.3, 0.4) is 0 Å². The van der Waals surface area contributed by atoms with Crippen LogP contribution in [0.15, 0.2) is 18.3 Å². The lowest BCUT2D eigenvalue weighted by Gasteiger charge is -2.11. The van der Waals surface area contributed by atoms with Crippen LogP contribution in [0, 0.1) is 0 Å². The van der Waals surface area contributed by atoms with Gasteiger partial charge < -0.3 is 4.74 Å². The zero-order valence-electron chi connectivity index (χ0n) is 8.66. The van der Waals surface area contributed by atoms with E-state index in [1.54, 1.807) is 12.3 Å². The second-order valence-electron chi connectivity index (χ2n) is 3.40. The van der Waals surface area contributed by atoms with Gasteiger partial charge in [-0.25, -0.2) is 4.98 Å². The molecule has 0 aromatic carbocycles. The Morgan fingerprint density at radius 1 is 1.50 bits per heavy atom. The fourth-order valence-corrected chi connectivity index (χ4v) is 1.33. The molecule has 0 N–H and O–H groups in total. The molecule has 0 radical (unpaired) electrons. The van der Waals surface area contributed by atoms with Crippen LogP contribution in [-0.2, 0) is 11.3 Å². The van der Waals surface area contributed by atoms with E-state index in [0.717, 1.165) is 18.4 Å². The third kappa shape index (κ3) is 4.07. The zero-order chi connectivity index (χ0) is 10.4. The Kier molecular flexibility index (Phi) is 4.91. The molecular formula is C11H16ClNO. The Morgan fingerprint density at radius 2 is 2.29 bits per heavy atom. The molecule has 2 nitrogen and oxygen atoms in total. The molecule has 0 spiro atoms. The minimum Gasteiger partial charge on any atom is -0.374 e. The summed E-state index contributed by atoms with van der Waals surface area (Å²) in [5.74, 6) is 0. The van der Waals surface area contributed by atoms with Crippen LogP contribution in [0.2, 0.25) is 5.15 Å². The van der Waals surface area contributed by atoms with Crippen molar-refractivity contribution in [2.45, 2.75) is 39.4 Å². The van der Waals surface area contributed by atoms with Crippen molar-refractivity contribution < 1.29 is 4.74 Å². The minimum absolute atomic E-state index is 0.315. The summed E-state index contributed by atoms with van der Waals surface area (Å²) >= 11 is 5.67. The Morgan fingerprint density at radius 3 is 2.86 bits per heavy atom. The van der Waals surface area contributed by atoms with E-state index in [1.165, 1.54) is 0 Å². The SMILES string of the molecule is CCCC(C)OCc1ccc(Cl)nc1. The third-order valence-corrected chi connectivity index (χ3v) is 2.24. The van der Waals surface area contributed by atoms with Crippen molar-refractivity contribution in [3.63, 3.8) is 0 Å². The van der Waals surface area contributed by atoms with Crippen LogP contribution in [-0.4, -0.2) is 11.1 Å². The maximum absolute atomic E-state index is 5.67. The largest absolute Gasteiger partial charge is 0.374 e. The quantitative estimate of drug-likeness (QED) is 0.699. The van der Waals surface area contributed by atoms with E-state index in [4.69, 9.17) is 16.3 Å². The average Bonchev–Trinajstić information content (AvgIpc) is 2.17. The van der Waals surface area contributed by atoms with Crippen LogP contribution >= 0.6 is 11.6 Å². The maximum atomic E-state index is 5.67. The van der Waals surface area contributed by atoms with Crippen LogP contribution in [0.1, 0.15) is 32.3 Å². The molecule has 78 valence electrons. The van der Waals surface area contributed by atoms with Crippen LogP contribution in [0.4, 0.5) is 0 Å². The Labute approximate surface area is 90.3 Å². The van der Waals surface area contributed by atoms with Crippen LogP contribution in [0.5, 0.6) is 0 Å². The van der Waals surface area contributed by atoms with Crippen molar-refractivity contribution in [1.29, 1.82) is 0 Å². The first-order chi connectivity index (χ1) is 6.72. The van der Waals surface area contributed by atoms with Gasteiger partial charge in [-0.2, -0.15) is 0 Å². The van der Waals surface area contributed by atoms with Crippen molar-refractivity contribution >= 4 is 11.6 Å². The van der Waals surface area contributed by atoms with Gasteiger partial charge in [-0.1, -0.05) is 31.0 Å². The lowest BCUT2D eigenvalue weighted by molar-refractivity contribution is 0.0470. The van der Waals surface area contributed by atoms with E-state index in [0.29, 0.717) is 17.9 Å². The average molecular weight is 214 g/mol. The predicted octanol–water partition coefficient (Wildman–Crippen LogP) is 3.44. The maximum Gasteiger partial charge on any atom is 0.129 e. The summed E-state index contributed by atoms with van der Waals surface area (Å²) < 4.78 is 5.63. The standard InChI is InChI=1S/C11H16ClNO/c1-3-4-9(2)14-8-10-5-6-11(12)13-7-10/h5-7,9H,3-4,8H2,1-2H3. The molecule has 0 aliphatic carbocycles. The van der Waals surface area contributed by atoms with E-state index < -0.39 is 0 Å². The molecule has 0 aliphatic heterocycles. The molecule has 0 saturated heterocycles. The van der Waals surface area contributed by atoms with Crippen molar-refractivity contribution in [1.82, 2.24) is 4.98 Å². The Hall–Kier alpha value is -0.600. The molecule has 0 amide bonds. The smallest absolute Gasteiger partial charge is 0.129 e. The first-order valence-corrected chi connectivity index (χ1v) is 5.32. The second-order valence-corrected chi connectivity index (χ2v) is 3.79. The second kappa shape index (κ2) is 5.99. The van der Waals surface area contributed by atoms with Crippen molar-refractivity contribution in [3.05, 3.63) is 29.0 Å². The number of aromatic nitrogens is 1. The fraction of sp³-hybridized carbons (Fsp3) is 0.545. The van der Waals surface area contributed by atoms with Gasteiger partial charge in [-0.3, -0.25) is 0 Å². The number of hydrogen-bond donors (Lipinski definition) is 0. The molecule has 14 heavy (non-hydrogen) atoms. The van der Waals surface area contributed by atoms with E-state index in [-0.39, 0.29) is 0 Å². The number of ether oxygens (including phenoxy) is 1. The molecule has 1 aromatic rings. The summed E-state index contributed by atoms with van der Waals surface area (Å²) in [6.45, 7) is 4.86. The normalized spacial score (nSPS) is 12.8. The van der Waals surface area contributed by atoms with E-state index in [1.807, 2.05) is 6.07 Å². The Bertz CT molecular complexity index is 260.